The van der Waals surface area contributed by atoms with E-state index < -0.39 is 72.1 Å². The van der Waals surface area contributed by atoms with Crippen LogP contribution in [0.25, 0.3) is 0 Å². The number of carbonyl (C=O) groups excluding carboxylic acids is 1. The second-order valence-electron chi connectivity index (χ2n) is 6.01. The van der Waals surface area contributed by atoms with Gasteiger partial charge in [0.05, 0.1) is 0 Å². The van der Waals surface area contributed by atoms with Crippen molar-refractivity contribution in [1.29, 1.82) is 0 Å². The Hall–Kier alpha value is -1.81. The molecule has 0 aliphatic heterocycles. The first-order chi connectivity index (χ1) is 13.1. The summed E-state index contributed by atoms with van der Waals surface area (Å²) >= 11 is 0. The maximum atomic E-state index is 14.5. The maximum absolute atomic E-state index is 14.5. The Morgan fingerprint density at radius 1 is 0.733 bits per heavy atom. The van der Waals surface area contributed by atoms with Crippen molar-refractivity contribution < 1.29 is 76.1 Å². The monoisotopic (exact) mass is 478 g/mol. The van der Waals surface area contributed by atoms with Crippen LogP contribution >= 0.6 is 0 Å². The molecule has 1 saturated carbocycles. The fourth-order valence-corrected chi connectivity index (χ4v) is 2.48. The Morgan fingerprint density at radius 2 is 1.10 bits per heavy atom. The second-order valence-corrected chi connectivity index (χ2v) is 6.01. The van der Waals surface area contributed by atoms with E-state index >= 15 is 0 Å². The van der Waals surface area contributed by atoms with Crippen molar-refractivity contribution in [1.82, 2.24) is 0 Å². The van der Waals surface area contributed by atoms with Crippen LogP contribution in [0.15, 0.2) is 12.7 Å². The fourth-order valence-electron chi connectivity index (χ4n) is 2.48. The van der Waals surface area contributed by atoms with Crippen molar-refractivity contribution in [3.63, 3.8) is 0 Å². The summed E-state index contributed by atoms with van der Waals surface area (Å²) in [6.45, 7) is -6.02. The first-order valence-corrected chi connectivity index (χ1v) is 7.04. The highest BCUT2D eigenvalue weighted by Gasteiger charge is 3.00. The summed E-state index contributed by atoms with van der Waals surface area (Å²) < 4.78 is 198. The Kier molecular flexibility index (Phi) is 5.76. The molecule has 3 nitrogen and oxygen atoms in total. The Balaban J connectivity index is 4.31. The number of aliphatic hydroxyl groups is 1. The number of rotatable bonds is 4. The third-order valence-corrected chi connectivity index (χ3v) is 4.41. The summed E-state index contributed by atoms with van der Waals surface area (Å²) in [5, 5.41) is 8.72. The lowest BCUT2D eigenvalue weighted by Gasteiger charge is -2.54. The number of halogens is 14. The van der Waals surface area contributed by atoms with Crippen LogP contribution in [0.3, 0.4) is 0 Å². The predicted octanol–water partition coefficient (Wildman–Crippen LogP) is 3.95. The van der Waals surface area contributed by atoms with Crippen LogP contribution in [-0.2, 0) is 9.53 Å². The standard InChI is InChI=1S/C13H8F14O3/c1-2-5(28)30-13(27)10(22,23)7(17,4-15)8(18,19)6(16,3-14)9(20,21)12(26,29)11(13,24)25/h2,29H,1,3-4H2. The molecule has 1 aliphatic rings. The van der Waals surface area contributed by atoms with Crippen LogP contribution in [0.2, 0.25) is 0 Å². The molecule has 0 aromatic rings. The van der Waals surface area contributed by atoms with Crippen LogP contribution in [0.1, 0.15) is 0 Å². The third-order valence-electron chi connectivity index (χ3n) is 4.41. The van der Waals surface area contributed by atoms with Crippen LogP contribution in [0.4, 0.5) is 61.5 Å². The summed E-state index contributed by atoms with van der Waals surface area (Å²) in [6.07, 6.45) is -0.518. The first-order valence-electron chi connectivity index (χ1n) is 7.04. The molecule has 0 heterocycles. The molecule has 0 radical (unpaired) electrons. The normalized spacial score (nSPS) is 42.0. The molecule has 1 rings (SSSR count). The van der Waals surface area contributed by atoms with E-state index in [-0.39, 0.29) is 0 Å². The molecule has 0 amide bonds. The van der Waals surface area contributed by atoms with Gasteiger partial charge in [0.15, 0.2) is 0 Å². The van der Waals surface area contributed by atoms with Gasteiger partial charge in [-0.05, 0) is 0 Å². The number of alkyl halides is 14. The number of esters is 1. The van der Waals surface area contributed by atoms with E-state index in [9.17, 15) is 66.3 Å². The molecule has 1 fully saturated rings. The van der Waals surface area contributed by atoms with Gasteiger partial charge >= 0.3 is 41.4 Å². The van der Waals surface area contributed by atoms with Crippen molar-refractivity contribution >= 4 is 5.97 Å². The molecule has 17 heteroatoms. The molecule has 4 unspecified atom stereocenters. The summed E-state index contributed by atoms with van der Waals surface area (Å²) in [7, 11) is 0. The highest BCUT2D eigenvalue weighted by Crippen LogP contribution is 2.68. The molecule has 0 spiro atoms. The maximum Gasteiger partial charge on any atom is 0.387 e. The lowest BCUT2D eigenvalue weighted by atomic mass is 9.68. The van der Waals surface area contributed by atoms with Crippen molar-refractivity contribution in [3.05, 3.63) is 12.7 Å². The number of hydrogen-bond acceptors (Lipinski definition) is 3. The second kappa shape index (κ2) is 6.59. The molecule has 1 N–H and O–H groups in total. The van der Waals surface area contributed by atoms with Gasteiger partial charge in [-0.3, -0.25) is 0 Å². The van der Waals surface area contributed by atoms with Gasteiger partial charge in [-0.15, -0.1) is 0 Å². The number of carbonyl (C=O) groups is 1. The lowest BCUT2D eigenvalue weighted by Crippen LogP contribution is -2.87. The smallest absolute Gasteiger partial charge is 0.387 e. The minimum absolute atomic E-state index is 0.518. The van der Waals surface area contributed by atoms with E-state index in [0.29, 0.717) is 0 Å². The van der Waals surface area contributed by atoms with Crippen molar-refractivity contribution in [2.24, 2.45) is 0 Å². The quantitative estimate of drug-likeness (QED) is 0.379. The summed E-state index contributed by atoms with van der Waals surface area (Å²) in [6, 6.07) is 0. The highest BCUT2D eigenvalue weighted by atomic mass is 19.3. The van der Waals surface area contributed by atoms with E-state index in [1.807, 2.05) is 0 Å². The predicted molar refractivity (Wildman–Crippen MR) is 65.6 cm³/mol. The van der Waals surface area contributed by atoms with Crippen LogP contribution in [-0.4, -0.2) is 71.2 Å². The molecule has 0 aromatic heterocycles. The van der Waals surface area contributed by atoms with E-state index in [0.717, 1.165) is 0 Å². The number of ether oxygens (including phenoxy) is 1. The third kappa shape index (κ3) is 2.40. The average Bonchev–Trinajstić information content (AvgIpc) is 2.63. The Bertz CT molecular complexity index is 724. The van der Waals surface area contributed by atoms with Crippen molar-refractivity contribution in [2.75, 3.05) is 13.3 Å². The van der Waals surface area contributed by atoms with Crippen molar-refractivity contribution in [3.8, 4) is 0 Å². The molecule has 1 aliphatic carbocycles. The van der Waals surface area contributed by atoms with Gasteiger partial charge in [0.1, 0.15) is 13.3 Å². The fraction of sp³-hybridized carbons (Fsp3) is 0.769. The molecule has 0 aromatic carbocycles. The van der Waals surface area contributed by atoms with Gasteiger partial charge in [-0.2, -0.15) is 43.9 Å². The molecule has 4 atom stereocenters. The zero-order valence-corrected chi connectivity index (χ0v) is 13.8. The van der Waals surface area contributed by atoms with Gasteiger partial charge < -0.3 is 9.84 Å². The molecular formula is C13H8F14O3. The number of hydrogen-bond donors (Lipinski definition) is 1. The minimum Gasteiger partial charge on any atom is -0.413 e. The first kappa shape index (κ1) is 26.2. The van der Waals surface area contributed by atoms with Crippen LogP contribution in [0.5, 0.6) is 0 Å². The van der Waals surface area contributed by atoms with E-state index in [4.69, 9.17) is 5.11 Å². The molecule has 30 heavy (non-hydrogen) atoms. The van der Waals surface area contributed by atoms with Gasteiger partial charge in [0.2, 0.25) is 0 Å². The van der Waals surface area contributed by atoms with Crippen molar-refractivity contribution in [2.45, 2.75) is 46.7 Å². The largest absolute Gasteiger partial charge is 0.413 e. The van der Waals surface area contributed by atoms with Crippen LogP contribution in [0, 0.1) is 0 Å². The Morgan fingerprint density at radius 3 is 1.43 bits per heavy atom. The molecule has 0 saturated heterocycles. The minimum atomic E-state index is -7.73. The van der Waals surface area contributed by atoms with Gasteiger partial charge in [-0.1, -0.05) is 6.58 Å². The summed E-state index contributed by atoms with van der Waals surface area (Å²) in [5.74, 6) is -48.4. The van der Waals surface area contributed by atoms with E-state index in [1.54, 1.807) is 0 Å². The average molecular weight is 478 g/mol. The zero-order valence-electron chi connectivity index (χ0n) is 13.8. The summed E-state index contributed by atoms with van der Waals surface area (Å²) in [5.41, 5.74) is -14.3. The molecular weight excluding hydrogens is 470 g/mol. The zero-order chi connectivity index (χ0) is 24.4. The van der Waals surface area contributed by atoms with Gasteiger partial charge in [0, 0.05) is 6.08 Å². The highest BCUT2D eigenvalue weighted by molar-refractivity contribution is 5.81. The van der Waals surface area contributed by atoms with E-state index in [1.165, 1.54) is 0 Å². The lowest BCUT2D eigenvalue weighted by molar-refractivity contribution is -0.499. The topological polar surface area (TPSA) is 46.5 Å². The molecule has 0 bridgehead atoms. The van der Waals surface area contributed by atoms with Gasteiger partial charge in [0.25, 0.3) is 11.3 Å². The SMILES string of the molecule is C=CC(=O)OC1(F)C(F)(F)C(O)(F)C(F)(F)C(F)(CF)C(F)(F)C(F)(CF)C1(F)F. The van der Waals surface area contributed by atoms with Crippen LogP contribution < -0.4 is 0 Å². The Labute approximate surface area is 156 Å². The van der Waals surface area contributed by atoms with E-state index in [2.05, 4.69) is 11.3 Å². The summed E-state index contributed by atoms with van der Waals surface area (Å²) in [4.78, 5) is 10.9. The molecule has 176 valence electrons. The van der Waals surface area contributed by atoms with Gasteiger partial charge in [-0.25, -0.2) is 22.4 Å².